The molecule has 5 nitrogen and oxygen atoms in total. The zero-order valence-electron chi connectivity index (χ0n) is 11.3. The maximum Gasteiger partial charge on any atom is 0.170 e. The summed E-state index contributed by atoms with van der Waals surface area (Å²) in [5.74, 6) is 0.841. The molecule has 1 aromatic carbocycles. The number of hydrogen-bond acceptors (Lipinski definition) is 5. The maximum absolute atomic E-state index is 8.58. The van der Waals surface area contributed by atoms with Gasteiger partial charge in [0.15, 0.2) is 5.84 Å². The van der Waals surface area contributed by atoms with E-state index in [0.717, 1.165) is 23.3 Å². The van der Waals surface area contributed by atoms with Crippen LogP contribution in [0.25, 0.3) is 0 Å². The van der Waals surface area contributed by atoms with Crippen LogP contribution < -0.4 is 15.8 Å². The van der Waals surface area contributed by atoms with E-state index in [1.54, 1.807) is 35.6 Å². The van der Waals surface area contributed by atoms with Gasteiger partial charge in [0.2, 0.25) is 0 Å². The highest BCUT2D eigenvalue weighted by atomic mass is 79.9. The fourth-order valence-electron chi connectivity index (χ4n) is 1.67. The highest BCUT2D eigenvalue weighted by Gasteiger charge is 2.01. The molecular weight excluding hydrogens is 354 g/mol. The second-order valence-corrected chi connectivity index (χ2v) is 6.08. The lowest BCUT2D eigenvalue weighted by molar-refractivity contribution is 0.313. The highest BCUT2D eigenvalue weighted by Crippen LogP contribution is 2.22. The molecule has 0 fully saturated rings. The van der Waals surface area contributed by atoms with Crippen molar-refractivity contribution in [3.63, 3.8) is 0 Å². The minimum absolute atomic E-state index is 0.0877. The molecule has 21 heavy (non-hydrogen) atoms. The molecule has 0 unspecified atom stereocenters. The van der Waals surface area contributed by atoms with Gasteiger partial charge in [-0.2, -0.15) is 0 Å². The first-order valence-electron chi connectivity index (χ1n) is 6.34. The number of thiophene rings is 1. The molecule has 0 saturated heterocycles. The molecule has 0 spiro atoms. The third-order valence-electron chi connectivity index (χ3n) is 2.78. The average Bonchev–Trinajstić information content (AvgIpc) is 2.92. The quantitative estimate of drug-likeness (QED) is 0.230. The summed E-state index contributed by atoms with van der Waals surface area (Å²) in [5, 5.41) is 16.9. The first kappa shape index (κ1) is 15.8. The third-order valence-corrected chi connectivity index (χ3v) is 4.71. The SMILES string of the molecule is N/C(=N/O)c1ccc(OCCNCc2sccc2Br)cc1. The van der Waals surface area contributed by atoms with Crippen molar-refractivity contribution in [3.8, 4) is 5.75 Å². The number of nitrogens with one attached hydrogen (secondary N) is 1. The van der Waals surface area contributed by atoms with Gasteiger partial charge >= 0.3 is 0 Å². The van der Waals surface area contributed by atoms with Crippen LogP contribution in [0.2, 0.25) is 0 Å². The Morgan fingerprint density at radius 1 is 1.33 bits per heavy atom. The molecule has 0 bridgehead atoms. The second-order valence-electron chi connectivity index (χ2n) is 4.23. The molecule has 0 amide bonds. The molecule has 2 aromatic rings. The van der Waals surface area contributed by atoms with Gasteiger partial charge in [0, 0.05) is 28.0 Å². The van der Waals surface area contributed by atoms with E-state index in [9.17, 15) is 0 Å². The Morgan fingerprint density at radius 3 is 2.71 bits per heavy atom. The van der Waals surface area contributed by atoms with Crippen LogP contribution >= 0.6 is 27.3 Å². The molecule has 1 heterocycles. The Bertz CT molecular complexity index is 599. The number of oxime groups is 1. The molecule has 112 valence electrons. The van der Waals surface area contributed by atoms with E-state index in [4.69, 9.17) is 15.7 Å². The molecule has 0 atom stereocenters. The van der Waals surface area contributed by atoms with Gasteiger partial charge in [0.25, 0.3) is 0 Å². The van der Waals surface area contributed by atoms with Crippen LogP contribution in [-0.2, 0) is 6.54 Å². The predicted molar refractivity (Wildman–Crippen MR) is 88.2 cm³/mol. The van der Waals surface area contributed by atoms with Crippen LogP contribution in [0.15, 0.2) is 45.3 Å². The van der Waals surface area contributed by atoms with E-state index in [-0.39, 0.29) is 5.84 Å². The Balaban J connectivity index is 1.70. The van der Waals surface area contributed by atoms with E-state index >= 15 is 0 Å². The summed E-state index contributed by atoms with van der Waals surface area (Å²) in [4.78, 5) is 1.28. The fraction of sp³-hybridized carbons (Fsp3) is 0.214. The Morgan fingerprint density at radius 2 is 2.10 bits per heavy atom. The van der Waals surface area contributed by atoms with Gasteiger partial charge in [-0.1, -0.05) is 5.16 Å². The zero-order chi connectivity index (χ0) is 15.1. The minimum atomic E-state index is 0.0877. The van der Waals surface area contributed by atoms with Gasteiger partial charge in [0.05, 0.1) is 0 Å². The molecule has 4 N–H and O–H groups in total. The van der Waals surface area contributed by atoms with Crippen LogP contribution in [0.5, 0.6) is 5.75 Å². The molecular formula is C14H16BrN3O2S. The summed E-state index contributed by atoms with van der Waals surface area (Å²) in [6.07, 6.45) is 0. The number of benzene rings is 1. The fourth-order valence-corrected chi connectivity index (χ4v) is 3.14. The Labute approximate surface area is 135 Å². The lowest BCUT2D eigenvalue weighted by Gasteiger charge is -2.08. The van der Waals surface area contributed by atoms with Crippen molar-refractivity contribution < 1.29 is 9.94 Å². The van der Waals surface area contributed by atoms with Gasteiger partial charge < -0.3 is 21.0 Å². The normalized spacial score (nSPS) is 11.6. The van der Waals surface area contributed by atoms with Gasteiger partial charge in [-0.05, 0) is 51.6 Å². The van der Waals surface area contributed by atoms with Crippen molar-refractivity contribution in [3.05, 3.63) is 50.6 Å². The summed E-state index contributed by atoms with van der Waals surface area (Å²) < 4.78 is 6.75. The van der Waals surface area contributed by atoms with E-state index in [2.05, 4.69) is 31.8 Å². The van der Waals surface area contributed by atoms with Crippen molar-refractivity contribution in [2.24, 2.45) is 10.9 Å². The molecule has 0 aliphatic rings. The van der Waals surface area contributed by atoms with E-state index in [1.165, 1.54) is 4.88 Å². The van der Waals surface area contributed by atoms with E-state index in [0.29, 0.717) is 12.2 Å². The van der Waals surface area contributed by atoms with Gasteiger partial charge in [0.1, 0.15) is 12.4 Å². The summed E-state index contributed by atoms with van der Waals surface area (Å²) in [6.45, 7) is 2.16. The summed E-state index contributed by atoms with van der Waals surface area (Å²) >= 11 is 5.21. The second kappa shape index (κ2) is 8.02. The van der Waals surface area contributed by atoms with Crippen LogP contribution in [0.4, 0.5) is 0 Å². The lowest BCUT2D eigenvalue weighted by Crippen LogP contribution is -2.20. The van der Waals surface area contributed by atoms with Gasteiger partial charge in [-0.3, -0.25) is 0 Å². The number of hydrogen-bond donors (Lipinski definition) is 3. The topological polar surface area (TPSA) is 79.9 Å². The predicted octanol–water partition coefficient (Wildman–Crippen LogP) is 2.77. The van der Waals surface area contributed by atoms with E-state index < -0.39 is 0 Å². The van der Waals surface area contributed by atoms with Crippen molar-refractivity contribution in [1.82, 2.24) is 5.32 Å². The molecule has 7 heteroatoms. The minimum Gasteiger partial charge on any atom is -0.492 e. The highest BCUT2D eigenvalue weighted by molar-refractivity contribution is 9.10. The lowest BCUT2D eigenvalue weighted by atomic mass is 10.2. The van der Waals surface area contributed by atoms with Crippen molar-refractivity contribution in [2.45, 2.75) is 6.54 Å². The number of rotatable bonds is 7. The third kappa shape index (κ3) is 4.73. The summed E-state index contributed by atoms with van der Waals surface area (Å²) in [6, 6.07) is 9.13. The molecule has 2 rings (SSSR count). The zero-order valence-corrected chi connectivity index (χ0v) is 13.7. The Hall–Kier alpha value is -1.57. The first-order valence-corrected chi connectivity index (χ1v) is 8.01. The molecule has 0 saturated carbocycles. The number of halogens is 1. The number of ether oxygens (including phenoxy) is 1. The largest absolute Gasteiger partial charge is 0.492 e. The molecule has 0 radical (unpaired) electrons. The summed E-state index contributed by atoms with van der Waals surface area (Å²) in [5.41, 5.74) is 6.15. The Kier molecular flexibility index (Phi) is 6.04. The van der Waals surface area contributed by atoms with Crippen molar-refractivity contribution in [2.75, 3.05) is 13.2 Å². The van der Waals surface area contributed by atoms with Crippen molar-refractivity contribution in [1.29, 1.82) is 0 Å². The van der Waals surface area contributed by atoms with Gasteiger partial charge in [-0.15, -0.1) is 11.3 Å². The van der Waals surface area contributed by atoms with Crippen LogP contribution in [0.3, 0.4) is 0 Å². The molecule has 0 aliphatic heterocycles. The van der Waals surface area contributed by atoms with Crippen molar-refractivity contribution >= 4 is 33.1 Å². The molecule has 0 aliphatic carbocycles. The van der Waals surface area contributed by atoms with Crippen LogP contribution in [0.1, 0.15) is 10.4 Å². The van der Waals surface area contributed by atoms with Crippen LogP contribution in [0, 0.1) is 0 Å². The average molecular weight is 370 g/mol. The molecule has 1 aromatic heterocycles. The van der Waals surface area contributed by atoms with Gasteiger partial charge in [-0.25, -0.2) is 0 Å². The smallest absolute Gasteiger partial charge is 0.170 e. The monoisotopic (exact) mass is 369 g/mol. The first-order chi connectivity index (χ1) is 10.2. The van der Waals surface area contributed by atoms with E-state index in [1.807, 2.05) is 6.07 Å². The number of nitrogens with zero attached hydrogens (tertiary/aromatic N) is 1. The standard InChI is InChI=1S/C14H16BrN3O2S/c15-12-5-8-21-13(12)9-17-6-7-20-11-3-1-10(2-4-11)14(16)18-19/h1-5,8,17,19H,6-7,9H2,(H2,16,18). The number of amidine groups is 1. The maximum atomic E-state index is 8.58. The number of nitrogens with two attached hydrogens (primary N) is 1. The summed E-state index contributed by atoms with van der Waals surface area (Å²) in [7, 11) is 0. The van der Waals surface area contributed by atoms with Crippen LogP contribution in [-0.4, -0.2) is 24.2 Å².